The minimum Gasteiger partial charge on any atom is -0.364 e. The second kappa shape index (κ2) is 6.30. The van der Waals surface area contributed by atoms with Crippen molar-refractivity contribution in [3.05, 3.63) is 48.2 Å². The van der Waals surface area contributed by atoms with E-state index >= 15 is 0 Å². The molecule has 0 atom stereocenters. The van der Waals surface area contributed by atoms with Crippen LogP contribution in [0.25, 0.3) is 0 Å². The fourth-order valence-corrected chi connectivity index (χ4v) is 1.67. The van der Waals surface area contributed by atoms with Gasteiger partial charge in [0.15, 0.2) is 0 Å². The van der Waals surface area contributed by atoms with Crippen LogP contribution >= 0.6 is 0 Å². The van der Waals surface area contributed by atoms with Crippen LogP contribution in [0.2, 0.25) is 0 Å². The van der Waals surface area contributed by atoms with Gasteiger partial charge in [-0.1, -0.05) is 0 Å². The summed E-state index contributed by atoms with van der Waals surface area (Å²) in [6.45, 7) is 6.53. The summed E-state index contributed by atoms with van der Waals surface area (Å²) in [4.78, 5) is 24.2. The van der Waals surface area contributed by atoms with Crippen LogP contribution in [0.3, 0.4) is 0 Å². The van der Waals surface area contributed by atoms with E-state index in [2.05, 4.69) is 25.6 Å². The van der Waals surface area contributed by atoms with Crippen LogP contribution in [0.5, 0.6) is 0 Å². The molecule has 0 aliphatic rings. The molecule has 110 valence electrons. The highest BCUT2D eigenvalue weighted by atomic mass is 16.1. The maximum Gasteiger partial charge on any atom is 0.271 e. The van der Waals surface area contributed by atoms with Crippen LogP contribution < -0.4 is 10.6 Å². The summed E-state index contributed by atoms with van der Waals surface area (Å²) in [7, 11) is 0. The second-order valence-corrected chi connectivity index (χ2v) is 5.70. The molecule has 0 bridgehead atoms. The van der Waals surface area contributed by atoms with Gasteiger partial charge in [0.25, 0.3) is 5.91 Å². The fourth-order valence-electron chi connectivity index (χ4n) is 1.67. The van der Waals surface area contributed by atoms with Gasteiger partial charge in [-0.25, -0.2) is 9.97 Å². The summed E-state index contributed by atoms with van der Waals surface area (Å²) >= 11 is 0. The molecule has 2 aromatic rings. The Morgan fingerprint density at radius 2 is 1.86 bits per heavy atom. The summed E-state index contributed by atoms with van der Waals surface area (Å²) in [5.41, 5.74) is 1.18. The highest BCUT2D eigenvalue weighted by Gasteiger charge is 2.12. The first-order valence-corrected chi connectivity index (χ1v) is 6.71. The molecule has 2 N–H and O–H groups in total. The number of anilines is 1. The number of carbonyl (C=O) groups excluding carboxylic acids is 1. The lowest BCUT2D eigenvalue weighted by Gasteiger charge is -2.20. The zero-order chi connectivity index (χ0) is 15.3. The van der Waals surface area contributed by atoms with E-state index < -0.39 is 0 Å². The van der Waals surface area contributed by atoms with Crippen molar-refractivity contribution >= 4 is 11.7 Å². The van der Waals surface area contributed by atoms with E-state index in [1.54, 1.807) is 18.6 Å². The van der Waals surface area contributed by atoms with E-state index in [1.165, 1.54) is 6.20 Å². The Kier molecular flexibility index (Phi) is 4.47. The van der Waals surface area contributed by atoms with Gasteiger partial charge in [0.1, 0.15) is 11.5 Å². The van der Waals surface area contributed by atoms with E-state index in [1.807, 2.05) is 32.9 Å². The number of nitrogens with zero attached hydrogens (tertiary/aromatic N) is 3. The van der Waals surface area contributed by atoms with E-state index in [0.717, 1.165) is 5.56 Å². The molecule has 2 aromatic heterocycles. The predicted molar refractivity (Wildman–Crippen MR) is 80.8 cm³/mol. The average Bonchev–Trinajstić information content (AvgIpc) is 2.45. The van der Waals surface area contributed by atoms with Crippen molar-refractivity contribution < 1.29 is 4.79 Å². The van der Waals surface area contributed by atoms with Crippen molar-refractivity contribution in [1.29, 1.82) is 0 Å². The topological polar surface area (TPSA) is 79.8 Å². The van der Waals surface area contributed by atoms with Crippen LogP contribution in [-0.2, 0) is 6.54 Å². The number of rotatable bonds is 4. The molecular weight excluding hydrogens is 266 g/mol. The van der Waals surface area contributed by atoms with Crippen LogP contribution in [0.4, 0.5) is 5.82 Å². The zero-order valence-electron chi connectivity index (χ0n) is 12.4. The molecule has 0 saturated heterocycles. The first kappa shape index (κ1) is 14.9. The molecule has 2 rings (SSSR count). The lowest BCUT2D eigenvalue weighted by atomic mass is 10.1. The van der Waals surface area contributed by atoms with Gasteiger partial charge in [-0.15, -0.1) is 0 Å². The summed E-state index contributed by atoms with van der Waals surface area (Å²) < 4.78 is 0. The molecule has 0 aliphatic carbocycles. The largest absolute Gasteiger partial charge is 0.364 e. The van der Waals surface area contributed by atoms with E-state index in [-0.39, 0.29) is 11.4 Å². The summed E-state index contributed by atoms with van der Waals surface area (Å²) in [6, 6.07) is 3.70. The molecule has 0 fully saturated rings. The molecule has 0 aromatic carbocycles. The number of carbonyl (C=O) groups is 1. The van der Waals surface area contributed by atoms with Gasteiger partial charge >= 0.3 is 0 Å². The lowest BCUT2D eigenvalue weighted by Crippen LogP contribution is -2.27. The van der Waals surface area contributed by atoms with Crippen LogP contribution in [0.1, 0.15) is 36.8 Å². The SMILES string of the molecule is CC(C)(C)Nc1cnc(C(=O)NCc2ccncc2)cn1. The highest BCUT2D eigenvalue weighted by molar-refractivity contribution is 5.91. The third-order valence-electron chi connectivity index (χ3n) is 2.59. The number of aromatic nitrogens is 3. The Bertz CT molecular complexity index is 590. The van der Waals surface area contributed by atoms with Gasteiger partial charge in [0, 0.05) is 24.5 Å². The Labute approximate surface area is 124 Å². The maximum absolute atomic E-state index is 12.0. The highest BCUT2D eigenvalue weighted by Crippen LogP contribution is 2.10. The second-order valence-electron chi connectivity index (χ2n) is 5.70. The molecule has 6 heteroatoms. The standard InChI is InChI=1S/C15H19N5O/c1-15(2,3)20-13-10-17-12(9-18-13)14(21)19-8-11-4-6-16-7-5-11/h4-7,9-10H,8H2,1-3H3,(H,18,20)(H,19,21). The first-order valence-electron chi connectivity index (χ1n) is 6.71. The Morgan fingerprint density at radius 3 is 2.43 bits per heavy atom. The molecule has 0 radical (unpaired) electrons. The summed E-state index contributed by atoms with van der Waals surface area (Å²) in [5, 5.41) is 5.99. The van der Waals surface area contributed by atoms with Gasteiger partial charge in [-0.05, 0) is 38.5 Å². The normalized spacial score (nSPS) is 11.0. The van der Waals surface area contributed by atoms with E-state index in [4.69, 9.17) is 0 Å². The minimum atomic E-state index is -0.248. The quantitative estimate of drug-likeness (QED) is 0.898. The molecule has 1 amide bonds. The zero-order valence-corrected chi connectivity index (χ0v) is 12.4. The molecule has 0 saturated carbocycles. The molecule has 0 aliphatic heterocycles. The fraction of sp³-hybridized carbons (Fsp3) is 0.333. The molecule has 0 unspecified atom stereocenters. The molecule has 0 spiro atoms. The van der Waals surface area contributed by atoms with Gasteiger partial charge in [-0.2, -0.15) is 0 Å². The Balaban J connectivity index is 1.94. The van der Waals surface area contributed by atoms with E-state index in [9.17, 15) is 4.79 Å². The Hall–Kier alpha value is -2.50. The van der Waals surface area contributed by atoms with Crippen LogP contribution in [0, 0.1) is 0 Å². The summed E-state index contributed by atoms with van der Waals surface area (Å²) in [6.07, 6.45) is 6.41. The number of pyridine rings is 1. The van der Waals surface area contributed by atoms with Crippen molar-refractivity contribution in [3.8, 4) is 0 Å². The molecule has 6 nitrogen and oxygen atoms in total. The first-order chi connectivity index (χ1) is 9.94. The third kappa shape index (κ3) is 4.83. The van der Waals surface area contributed by atoms with Crippen molar-refractivity contribution in [2.45, 2.75) is 32.9 Å². The number of hydrogen-bond donors (Lipinski definition) is 2. The molecule has 21 heavy (non-hydrogen) atoms. The van der Waals surface area contributed by atoms with Crippen molar-refractivity contribution in [1.82, 2.24) is 20.3 Å². The third-order valence-corrected chi connectivity index (χ3v) is 2.59. The van der Waals surface area contributed by atoms with Gasteiger partial charge < -0.3 is 10.6 Å². The van der Waals surface area contributed by atoms with Crippen LogP contribution in [0.15, 0.2) is 36.9 Å². The van der Waals surface area contributed by atoms with Crippen molar-refractivity contribution in [3.63, 3.8) is 0 Å². The van der Waals surface area contributed by atoms with Gasteiger partial charge in [0.2, 0.25) is 0 Å². The van der Waals surface area contributed by atoms with Gasteiger partial charge in [-0.3, -0.25) is 9.78 Å². The number of amides is 1. The lowest BCUT2D eigenvalue weighted by molar-refractivity contribution is 0.0945. The smallest absolute Gasteiger partial charge is 0.271 e. The maximum atomic E-state index is 12.0. The number of hydrogen-bond acceptors (Lipinski definition) is 5. The predicted octanol–water partition coefficient (Wildman–Crippen LogP) is 2.01. The number of nitrogens with one attached hydrogen (secondary N) is 2. The van der Waals surface area contributed by atoms with Crippen molar-refractivity contribution in [2.75, 3.05) is 5.32 Å². The van der Waals surface area contributed by atoms with E-state index in [0.29, 0.717) is 18.1 Å². The average molecular weight is 285 g/mol. The Morgan fingerprint density at radius 1 is 1.14 bits per heavy atom. The minimum absolute atomic E-state index is 0.0974. The van der Waals surface area contributed by atoms with Crippen LogP contribution in [-0.4, -0.2) is 26.4 Å². The summed E-state index contributed by atoms with van der Waals surface area (Å²) in [5.74, 6) is 0.398. The monoisotopic (exact) mass is 285 g/mol. The van der Waals surface area contributed by atoms with Crippen molar-refractivity contribution in [2.24, 2.45) is 0 Å². The molecular formula is C15H19N5O. The van der Waals surface area contributed by atoms with Gasteiger partial charge in [0.05, 0.1) is 12.4 Å². The molecule has 2 heterocycles.